The van der Waals surface area contributed by atoms with Crippen LogP contribution in [-0.2, 0) is 11.0 Å². The number of nitrogens with zero attached hydrogens (tertiary/aromatic N) is 2. The maximum absolute atomic E-state index is 12.7. The second-order valence-corrected chi connectivity index (χ2v) is 5.62. The molecule has 0 atom stereocenters. The van der Waals surface area contributed by atoms with Crippen molar-refractivity contribution in [2.75, 3.05) is 24.5 Å². The third kappa shape index (κ3) is 2.50. The fourth-order valence-electron chi connectivity index (χ4n) is 3.14. The van der Waals surface area contributed by atoms with E-state index in [4.69, 9.17) is 0 Å². The molecular formula is C14H16F3N3O. The Bertz CT molecular complexity index is 553. The zero-order valence-electron chi connectivity index (χ0n) is 11.4. The van der Waals surface area contributed by atoms with E-state index < -0.39 is 17.3 Å². The Labute approximate surface area is 120 Å². The van der Waals surface area contributed by atoms with Crippen LogP contribution in [0.2, 0.25) is 0 Å². The van der Waals surface area contributed by atoms with Gasteiger partial charge in [0.1, 0.15) is 11.5 Å². The number of anilines is 1. The first-order valence-electron chi connectivity index (χ1n) is 6.99. The topological polar surface area (TPSA) is 45.2 Å². The molecule has 1 spiro atoms. The van der Waals surface area contributed by atoms with Crippen LogP contribution in [0.3, 0.4) is 0 Å². The molecule has 1 aromatic heterocycles. The zero-order valence-corrected chi connectivity index (χ0v) is 11.4. The van der Waals surface area contributed by atoms with Crippen molar-refractivity contribution in [3.63, 3.8) is 0 Å². The lowest BCUT2D eigenvalue weighted by atomic mass is 9.78. The Balaban J connectivity index is 1.87. The smallest absolute Gasteiger partial charge is 0.317 e. The molecule has 2 aliphatic heterocycles. The van der Waals surface area contributed by atoms with Crippen molar-refractivity contribution < 1.29 is 18.0 Å². The van der Waals surface area contributed by atoms with Gasteiger partial charge in [-0.3, -0.25) is 9.69 Å². The van der Waals surface area contributed by atoms with E-state index in [9.17, 15) is 18.0 Å². The second kappa shape index (κ2) is 4.98. The van der Waals surface area contributed by atoms with Crippen LogP contribution in [0.5, 0.6) is 0 Å². The van der Waals surface area contributed by atoms with Crippen LogP contribution in [0, 0.1) is 5.41 Å². The minimum atomic E-state index is -4.49. The Morgan fingerprint density at radius 1 is 1.19 bits per heavy atom. The SMILES string of the molecule is O=C1N(c2cccc(C(F)(F)F)n2)CCC12CCNCC2. The highest BCUT2D eigenvalue weighted by Crippen LogP contribution is 2.41. The van der Waals surface area contributed by atoms with Crippen molar-refractivity contribution in [3.05, 3.63) is 23.9 Å². The maximum atomic E-state index is 12.7. The standard InChI is InChI=1S/C14H16F3N3O/c15-14(16,17)10-2-1-3-11(19-10)20-9-6-13(12(20)21)4-7-18-8-5-13/h1-3,18H,4-9H2. The van der Waals surface area contributed by atoms with E-state index in [1.807, 2.05) is 0 Å². The summed E-state index contributed by atoms with van der Waals surface area (Å²) in [6.07, 6.45) is -2.33. The molecule has 0 aliphatic carbocycles. The van der Waals surface area contributed by atoms with E-state index in [1.165, 1.54) is 17.0 Å². The normalized spacial score (nSPS) is 22.0. The number of rotatable bonds is 1. The van der Waals surface area contributed by atoms with Crippen LogP contribution in [0.4, 0.5) is 19.0 Å². The number of carbonyl (C=O) groups excluding carboxylic acids is 1. The fourth-order valence-corrected chi connectivity index (χ4v) is 3.14. The molecule has 1 amide bonds. The van der Waals surface area contributed by atoms with Crippen LogP contribution in [-0.4, -0.2) is 30.5 Å². The molecule has 0 bridgehead atoms. The highest BCUT2D eigenvalue weighted by molar-refractivity contribution is 5.99. The van der Waals surface area contributed by atoms with Gasteiger partial charge < -0.3 is 5.32 Å². The monoisotopic (exact) mass is 299 g/mol. The van der Waals surface area contributed by atoms with Gasteiger partial charge in [-0.25, -0.2) is 4.98 Å². The summed E-state index contributed by atoms with van der Waals surface area (Å²) in [6.45, 7) is 1.98. The first kappa shape index (κ1) is 14.3. The highest BCUT2D eigenvalue weighted by Gasteiger charge is 2.48. The molecule has 2 saturated heterocycles. The van der Waals surface area contributed by atoms with Crippen LogP contribution >= 0.6 is 0 Å². The number of piperidine rings is 1. The number of aromatic nitrogens is 1. The minimum Gasteiger partial charge on any atom is -0.317 e. The lowest BCUT2D eigenvalue weighted by Crippen LogP contribution is -2.43. The Hall–Kier alpha value is -1.63. The molecule has 4 nitrogen and oxygen atoms in total. The predicted octanol–water partition coefficient (Wildman–Crippen LogP) is 2.21. The first-order valence-corrected chi connectivity index (χ1v) is 6.99. The number of hydrogen-bond donors (Lipinski definition) is 1. The number of carbonyl (C=O) groups is 1. The number of nitrogens with one attached hydrogen (secondary N) is 1. The molecule has 21 heavy (non-hydrogen) atoms. The van der Waals surface area contributed by atoms with Crippen LogP contribution in [0.1, 0.15) is 25.0 Å². The predicted molar refractivity (Wildman–Crippen MR) is 70.7 cm³/mol. The Kier molecular flexibility index (Phi) is 3.39. The fraction of sp³-hybridized carbons (Fsp3) is 0.571. The summed E-state index contributed by atoms with van der Waals surface area (Å²) in [6, 6.07) is 3.68. The molecule has 0 aromatic carbocycles. The van der Waals surface area contributed by atoms with Crippen molar-refractivity contribution in [1.82, 2.24) is 10.3 Å². The zero-order chi connectivity index (χ0) is 15.1. The molecule has 0 radical (unpaired) electrons. The van der Waals surface area contributed by atoms with E-state index in [2.05, 4.69) is 10.3 Å². The summed E-state index contributed by atoms with van der Waals surface area (Å²) in [5, 5.41) is 3.20. The van der Waals surface area contributed by atoms with E-state index in [0.717, 1.165) is 32.0 Å². The van der Waals surface area contributed by atoms with Gasteiger partial charge in [0.05, 0.1) is 5.41 Å². The van der Waals surface area contributed by atoms with Gasteiger partial charge in [-0.05, 0) is 44.5 Å². The third-order valence-corrected chi connectivity index (χ3v) is 4.37. The average molecular weight is 299 g/mol. The summed E-state index contributed by atoms with van der Waals surface area (Å²) in [5.41, 5.74) is -1.37. The molecule has 0 saturated carbocycles. The van der Waals surface area contributed by atoms with Gasteiger partial charge in [-0.15, -0.1) is 0 Å². The molecule has 3 rings (SSSR count). The second-order valence-electron chi connectivity index (χ2n) is 5.62. The number of halogens is 3. The lowest BCUT2D eigenvalue weighted by molar-refractivity contribution is -0.141. The number of pyridine rings is 1. The lowest BCUT2D eigenvalue weighted by Gasteiger charge is -2.31. The van der Waals surface area contributed by atoms with Crippen LogP contribution in [0.15, 0.2) is 18.2 Å². The van der Waals surface area contributed by atoms with Gasteiger partial charge in [-0.1, -0.05) is 6.07 Å². The summed E-state index contributed by atoms with van der Waals surface area (Å²) >= 11 is 0. The van der Waals surface area contributed by atoms with Gasteiger partial charge >= 0.3 is 6.18 Å². The summed E-state index contributed by atoms with van der Waals surface area (Å²) in [7, 11) is 0. The van der Waals surface area contributed by atoms with E-state index in [1.54, 1.807) is 0 Å². The maximum Gasteiger partial charge on any atom is 0.433 e. The van der Waals surface area contributed by atoms with Crippen LogP contribution < -0.4 is 10.2 Å². The quantitative estimate of drug-likeness (QED) is 0.865. The average Bonchev–Trinajstić information content (AvgIpc) is 2.76. The van der Waals surface area contributed by atoms with Crippen molar-refractivity contribution in [3.8, 4) is 0 Å². The number of amides is 1. The van der Waals surface area contributed by atoms with E-state index in [-0.39, 0.29) is 11.7 Å². The van der Waals surface area contributed by atoms with Gasteiger partial charge in [-0.2, -0.15) is 13.2 Å². The Morgan fingerprint density at radius 2 is 1.90 bits per heavy atom. The van der Waals surface area contributed by atoms with E-state index in [0.29, 0.717) is 13.0 Å². The first-order chi connectivity index (χ1) is 9.92. The number of alkyl halides is 3. The van der Waals surface area contributed by atoms with Gasteiger partial charge in [0, 0.05) is 6.54 Å². The molecule has 2 fully saturated rings. The number of hydrogen-bond acceptors (Lipinski definition) is 3. The van der Waals surface area contributed by atoms with Crippen molar-refractivity contribution in [1.29, 1.82) is 0 Å². The minimum absolute atomic E-state index is 0.0872. The van der Waals surface area contributed by atoms with Crippen molar-refractivity contribution in [2.24, 2.45) is 5.41 Å². The highest BCUT2D eigenvalue weighted by atomic mass is 19.4. The molecule has 1 N–H and O–H groups in total. The van der Waals surface area contributed by atoms with E-state index >= 15 is 0 Å². The molecule has 114 valence electrons. The molecule has 7 heteroatoms. The van der Waals surface area contributed by atoms with Crippen molar-refractivity contribution >= 4 is 11.7 Å². The van der Waals surface area contributed by atoms with Gasteiger partial charge in [0.2, 0.25) is 5.91 Å². The summed E-state index contributed by atoms with van der Waals surface area (Å²) in [5.74, 6) is 0.0149. The van der Waals surface area contributed by atoms with Gasteiger partial charge in [0.15, 0.2) is 0 Å². The largest absolute Gasteiger partial charge is 0.433 e. The van der Waals surface area contributed by atoms with Gasteiger partial charge in [0.25, 0.3) is 0 Å². The molecule has 3 heterocycles. The molecule has 0 unspecified atom stereocenters. The van der Waals surface area contributed by atoms with Crippen molar-refractivity contribution in [2.45, 2.75) is 25.4 Å². The molecular weight excluding hydrogens is 283 g/mol. The Morgan fingerprint density at radius 3 is 2.57 bits per heavy atom. The van der Waals surface area contributed by atoms with Crippen LogP contribution in [0.25, 0.3) is 0 Å². The summed E-state index contributed by atoms with van der Waals surface area (Å²) < 4.78 is 38.2. The molecule has 1 aromatic rings. The molecule has 2 aliphatic rings. The third-order valence-electron chi connectivity index (χ3n) is 4.37. The summed E-state index contributed by atoms with van der Waals surface area (Å²) in [4.78, 5) is 17.6.